The van der Waals surface area contributed by atoms with E-state index in [0.29, 0.717) is 27.1 Å². The number of amides is 1. The molecule has 0 aliphatic rings. The van der Waals surface area contributed by atoms with Crippen LogP contribution in [0.15, 0.2) is 68.8 Å². The van der Waals surface area contributed by atoms with Gasteiger partial charge in [-0.3, -0.25) is 19.9 Å². The average molecular weight is 415 g/mol. The van der Waals surface area contributed by atoms with Crippen LogP contribution in [0.3, 0.4) is 0 Å². The van der Waals surface area contributed by atoms with Gasteiger partial charge in [-0.2, -0.15) is 5.10 Å². The minimum Gasteiger partial charge on any atom is -0.455 e. The van der Waals surface area contributed by atoms with Gasteiger partial charge in [0.2, 0.25) is 0 Å². The van der Waals surface area contributed by atoms with Crippen LogP contribution < -0.4 is 5.43 Å². The third-order valence-corrected chi connectivity index (χ3v) is 4.01. The quantitative estimate of drug-likeness (QED) is 0.387. The lowest BCUT2D eigenvalue weighted by atomic mass is 10.1. The molecule has 2 heterocycles. The molecule has 0 radical (unpaired) electrons. The van der Waals surface area contributed by atoms with Crippen molar-refractivity contribution in [1.29, 1.82) is 0 Å². The van der Waals surface area contributed by atoms with Gasteiger partial charge < -0.3 is 4.42 Å². The van der Waals surface area contributed by atoms with Gasteiger partial charge in [-0.25, -0.2) is 5.43 Å². The largest absolute Gasteiger partial charge is 0.455 e. The van der Waals surface area contributed by atoms with Crippen LogP contribution in [0.5, 0.6) is 0 Å². The summed E-state index contributed by atoms with van der Waals surface area (Å²) in [7, 11) is 0. The molecule has 0 aliphatic heterocycles. The zero-order chi connectivity index (χ0) is 18.5. The number of hydrogen-bond donors (Lipinski definition) is 1. The van der Waals surface area contributed by atoms with E-state index in [0.717, 1.165) is 0 Å². The van der Waals surface area contributed by atoms with Crippen molar-refractivity contribution in [1.82, 2.24) is 10.4 Å². The molecule has 2 aromatic heterocycles. The van der Waals surface area contributed by atoms with Crippen LogP contribution in [0.25, 0.3) is 11.3 Å². The van der Waals surface area contributed by atoms with Crippen molar-refractivity contribution in [3.8, 4) is 11.3 Å². The van der Waals surface area contributed by atoms with Crippen LogP contribution in [0.2, 0.25) is 0 Å². The van der Waals surface area contributed by atoms with Gasteiger partial charge in [0, 0.05) is 40.1 Å². The standard InChI is InChI=1S/C17H11BrN4O4/c18-15-9-12(22(24)25)1-3-14(15)16-4-2-13(26-16)10-20-21-17(23)11-5-7-19-8-6-11/h1-10H,(H,21,23)/b20-10+. The Bertz CT molecular complexity index is 985. The number of carbonyl (C=O) groups excluding carboxylic acids is 1. The second kappa shape index (κ2) is 7.70. The van der Waals surface area contributed by atoms with Gasteiger partial charge in [0.15, 0.2) is 0 Å². The average Bonchev–Trinajstić information content (AvgIpc) is 3.10. The summed E-state index contributed by atoms with van der Waals surface area (Å²) in [4.78, 5) is 26.0. The first kappa shape index (κ1) is 17.5. The maximum Gasteiger partial charge on any atom is 0.271 e. The van der Waals surface area contributed by atoms with Crippen LogP contribution in [0.4, 0.5) is 5.69 Å². The molecule has 3 rings (SSSR count). The number of hydrogen-bond acceptors (Lipinski definition) is 6. The monoisotopic (exact) mass is 414 g/mol. The fourth-order valence-electron chi connectivity index (χ4n) is 2.11. The first-order valence-corrected chi connectivity index (χ1v) is 8.11. The number of carbonyl (C=O) groups is 1. The van der Waals surface area contributed by atoms with Crippen molar-refractivity contribution in [3.63, 3.8) is 0 Å². The number of furan rings is 1. The summed E-state index contributed by atoms with van der Waals surface area (Å²) in [5, 5.41) is 14.6. The molecule has 0 saturated carbocycles. The summed E-state index contributed by atoms with van der Waals surface area (Å²) in [6, 6.07) is 10.9. The van der Waals surface area contributed by atoms with E-state index in [1.165, 1.54) is 30.7 Å². The highest BCUT2D eigenvalue weighted by molar-refractivity contribution is 9.10. The summed E-state index contributed by atoms with van der Waals surface area (Å²) in [5.41, 5.74) is 3.47. The Hall–Kier alpha value is -3.33. The molecule has 8 nitrogen and oxygen atoms in total. The summed E-state index contributed by atoms with van der Waals surface area (Å²) in [6.07, 6.45) is 4.39. The molecule has 26 heavy (non-hydrogen) atoms. The SMILES string of the molecule is O=C(N/N=C/c1ccc(-c2ccc([N+](=O)[O-])cc2Br)o1)c1ccncc1. The van der Waals surface area contributed by atoms with Crippen LogP contribution in [-0.4, -0.2) is 22.0 Å². The van der Waals surface area contributed by atoms with Crippen molar-refractivity contribution in [2.45, 2.75) is 0 Å². The minimum absolute atomic E-state index is 0.0206. The summed E-state index contributed by atoms with van der Waals surface area (Å²) in [6.45, 7) is 0. The third-order valence-electron chi connectivity index (χ3n) is 3.36. The summed E-state index contributed by atoms with van der Waals surface area (Å²) in [5.74, 6) is 0.558. The van der Waals surface area contributed by atoms with Gasteiger partial charge in [-0.05, 0) is 46.3 Å². The van der Waals surface area contributed by atoms with Gasteiger partial charge in [0.1, 0.15) is 11.5 Å². The van der Waals surface area contributed by atoms with E-state index < -0.39 is 4.92 Å². The number of aromatic nitrogens is 1. The maximum atomic E-state index is 11.8. The second-order valence-electron chi connectivity index (χ2n) is 5.06. The lowest BCUT2D eigenvalue weighted by molar-refractivity contribution is -0.384. The van der Waals surface area contributed by atoms with Gasteiger partial charge in [-0.1, -0.05) is 0 Å². The summed E-state index contributed by atoms with van der Waals surface area (Å²) < 4.78 is 6.17. The third kappa shape index (κ3) is 4.01. The molecule has 0 saturated heterocycles. The van der Waals surface area contributed by atoms with Crippen LogP contribution in [0.1, 0.15) is 16.1 Å². The van der Waals surface area contributed by atoms with Gasteiger partial charge >= 0.3 is 0 Å². The van der Waals surface area contributed by atoms with E-state index in [-0.39, 0.29) is 11.6 Å². The molecule has 0 unspecified atom stereocenters. The highest BCUT2D eigenvalue weighted by Gasteiger charge is 2.13. The molecule has 3 aromatic rings. The van der Waals surface area contributed by atoms with Crippen molar-refractivity contribution >= 4 is 33.7 Å². The maximum absolute atomic E-state index is 11.8. The fraction of sp³-hybridized carbons (Fsp3) is 0. The molecule has 1 aromatic carbocycles. The molecule has 0 spiro atoms. The minimum atomic E-state index is -0.472. The number of nitrogens with zero attached hydrogens (tertiary/aromatic N) is 3. The zero-order valence-electron chi connectivity index (χ0n) is 13.1. The smallest absolute Gasteiger partial charge is 0.271 e. The van der Waals surface area contributed by atoms with Crippen molar-refractivity contribution < 1.29 is 14.1 Å². The van der Waals surface area contributed by atoms with E-state index in [1.54, 1.807) is 30.3 Å². The Kier molecular flexibility index (Phi) is 5.18. The van der Waals surface area contributed by atoms with Gasteiger partial charge in [0.25, 0.3) is 11.6 Å². The first-order valence-electron chi connectivity index (χ1n) is 7.32. The van der Waals surface area contributed by atoms with Crippen LogP contribution in [0, 0.1) is 10.1 Å². The van der Waals surface area contributed by atoms with Crippen molar-refractivity contribution in [2.24, 2.45) is 5.10 Å². The number of hydrazone groups is 1. The molecule has 0 fully saturated rings. The lowest BCUT2D eigenvalue weighted by Crippen LogP contribution is -2.17. The lowest BCUT2D eigenvalue weighted by Gasteiger charge is -2.00. The molecule has 0 bridgehead atoms. The number of halogens is 1. The topological polar surface area (TPSA) is 111 Å². The number of nitro benzene ring substituents is 1. The zero-order valence-corrected chi connectivity index (χ0v) is 14.7. The van der Waals surface area contributed by atoms with Crippen LogP contribution in [-0.2, 0) is 0 Å². The van der Waals surface area contributed by atoms with E-state index in [9.17, 15) is 14.9 Å². The first-order chi connectivity index (χ1) is 12.5. The van der Waals surface area contributed by atoms with Gasteiger partial charge in [0.05, 0.1) is 11.1 Å². The predicted octanol–water partition coefficient (Wildman–Crippen LogP) is 3.78. The van der Waals surface area contributed by atoms with Crippen LogP contribution >= 0.6 is 15.9 Å². The van der Waals surface area contributed by atoms with E-state index in [2.05, 4.69) is 31.4 Å². The second-order valence-corrected chi connectivity index (χ2v) is 5.91. The number of nitrogens with one attached hydrogen (secondary N) is 1. The molecular weight excluding hydrogens is 404 g/mol. The van der Waals surface area contributed by atoms with Crippen molar-refractivity contribution in [2.75, 3.05) is 0 Å². The molecule has 130 valence electrons. The molecule has 0 aliphatic carbocycles. The predicted molar refractivity (Wildman–Crippen MR) is 97.8 cm³/mol. The Balaban J connectivity index is 1.70. The Labute approximate surface area is 155 Å². The Morgan fingerprint density at radius 1 is 1.23 bits per heavy atom. The molecule has 1 amide bonds. The Morgan fingerprint density at radius 3 is 2.69 bits per heavy atom. The number of pyridine rings is 1. The molecule has 9 heteroatoms. The Morgan fingerprint density at radius 2 is 2.00 bits per heavy atom. The molecule has 0 atom stereocenters. The number of benzene rings is 1. The van der Waals surface area contributed by atoms with Crippen molar-refractivity contribution in [3.05, 3.63) is 80.8 Å². The number of non-ortho nitro benzene ring substituents is 1. The normalized spacial score (nSPS) is 10.8. The van der Waals surface area contributed by atoms with E-state index >= 15 is 0 Å². The number of rotatable bonds is 5. The molecule has 1 N–H and O–H groups in total. The van der Waals surface area contributed by atoms with E-state index in [1.807, 2.05) is 0 Å². The number of nitro groups is 1. The fourth-order valence-corrected chi connectivity index (χ4v) is 2.67. The highest BCUT2D eigenvalue weighted by Crippen LogP contribution is 2.32. The van der Waals surface area contributed by atoms with E-state index in [4.69, 9.17) is 4.42 Å². The highest BCUT2D eigenvalue weighted by atomic mass is 79.9. The summed E-state index contributed by atoms with van der Waals surface area (Å²) >= 11 is 3.30. The molecular formula is C17H11BrN4O4. The van der Waals surface area contributed by atoms with Gasteiger partial charge in [-0.15, -0.1) is 0 Å².